The monoisotopic (exact) mass is 456 g/mol. The molecule has 0 fully saturated rings. The van der Waals surface area contributed by atoms with Gasteiger partial charge in [0.25, 0.3) is 0 Å². The van der Waals surface area contributed by atoms with Crippen LogP contribution in [0.3, 0.4) is 0 Å². The summed E-state index contributed by atoms with van der Waals surface area (Å²) in [7, 11) is 3.36. The number of ketones is 1. The zero-order valence-corrected chi connectivity index (χ0v) is 20.4. The fourth-order valence-electron chi connectivity index (χ4n) is 5.50. The highest BCUT2D eigenvalue weighted by atomic mass is 16.5. The largest absolute Gasteiger partial charge is 0.497 e. The third-order valence-corrected chi connectivity index (χ3v) is 7.12. The maximum Gasteiger partial charge on any atom is 0.163 e. The first-order chi connectivity index (χ1) is 16.4. The van der Waals surface area contributed by atoms with E-state index in [1.165, 1.54) is 11.1 Å². The summed E-state index contributed by atoms with van der Waals surface area (Å²) in [6.07, 6.45) is 6.48. The van der Waals surface area contributed by atoms with Crippen LogP contribution >= 0.6 is 0 Å². The molecular formula is C30H32O4. The number of methoxy groups -OCH3 is 2. The van der Waals surface area contributed by atoms with E-state index < -0.39 is 0 Å². The molecule has 0 aromatic heterocycles. The van der Waals surface area contributed by atoms with Gasteiger partial charge in [0.1, 0.15) is 23.0 Å². The van der Waals surface area contributed by atoms with E-state index in [9.17, 15) is 4.79 Å². The highest BCUT2D eigenvalue weighted by molar-refractivity contribution is 6.00. The molecule has 1 aliphatic heterocycles. The SMILES string of the molecule is COc1ccc(/C=C2\CCCC3=C2OC2=C(C(=O)CC(C)(C)C2)C3c2ccc(OC)cc2)cc1. The lowest BCUT2D eigenvalue weighted by Crippen LogP contribution is -2.33. The number of allylic oxidation sites excluding steroid dienone is 4. The van der Waals surface area contributed by atoms with Crippen LogP contribution in [0.15, 0.2) is 76.8 Å². The lowest BCUT2D eigenvalue weighted by Gasteiger charge is -2.41. The number of Topliss-reactive ketones (excluding diaryl/α,β-unsaturated/α-hetero) is 1. The Morgan fingerprint density at radius 3 is 2.21 bits per heavy atom. The van der Waals surface area contributed by atoms with Crippen molar-refractivity contribution in [1.29, 1.82) is 0 Å². The summed E-state index contributed by atoms with van der Waals surface area (Å²) in [6, 6.07) is 16.3. The van der Waals surface area contributed by atoms with Crippen molar-refractivity contribution in [2.45, 2.75) is 51.9 Å². The van der Waals surface area contributed by atoms with Gasteiger partial charge in [-0.25, -0.2) is 0 Å². The molecule has 2 aromatic rings. The summed E-state index contributed by atoms with van der Waals surface area (Å²) < 4.78 is 17.3. The third kappa shape index (κ3) is 4.18. The zero-order chi connectivity index (χ0) is 23.9. The molecule has 4 heteroatoms. The van der Waals surface area contributed by atoms with E-state index >= 15 is 0 Å². The molecule has 1 unspecified atom stereocenters. The summed E-state index contributed by atoms with van der Waals surface area (Å²) >= 11 is 0. The van der Waals surface area contributed by atoms with Gasteiger partial charge >= 0.3 is 0 Å². The van der Waals surface area contributed by atoms with Crippen LogP contribution < -0.4 is 9.47 Å². The van der Waals surface area contributed by atoms with Crippen molar-refractivity contribution in [3.63, 3.8) is 0 Å². The van der Waals surface area contributed by atoms with Crippen LogP contribution in [0.1, 0.15) is 63.0 Å². The molecule has 4 nitrogen and oxygen atoms in total. The summed E-state index contributed by atoms with van der Waals surface area (Å²) in [5.41, 5.74) is 5.42. The van der Waals surface area contributed by atoms with E-state index in [-0.39, 0.29) is 17.1 Å². The fraction of sp³-hybridized carbons (Fsp3) is 0.367. The van der Waals surface area contributed by atoms with Crippen LogP contribution in [-0.2, 0) is 9.53 Å². The summed E-state index contributed by atoms with van der Waals surface area (Å²) in [5.74, 6) is 3.63. The standard InChI is InChI=1S/C30H32O4/c1-30(2)17-25(31)28-26(18-30)34-29-21(16-19-8-12-22(32-3)13-9-19)6-5-7-24(29)27(28)20-10-14-23(33-4)15-11-20/h8-16,27H,5-7,17-18H2,1-4H3/b21-16+. The zero-order valence-electron chi connectivity index (χ0n) is 20.4. The summed E-state index contributed by atoms with van der Waals surface area (Å²) in [6.45, 7) is 4.30. The van der Waals surface area contributed by atoms with Gasteiger partial charge in [-0.3, -0.25) is 4.79 Å². The highest BCUT2D eigenvalue weighted by Gasteiger charge is 2.44. The Morgan fingerprint density at radius 1 is 0.912 bits per heavy atom. The first kappa shape index (κ1) is 22.5. The van der Waals surface area contributed by atoms with Crippen LogP contribution in [0, 0.1) is 5.41 Å². The van der Waals surface area contributed by atoms with Gasteiger partial charge in [0.15, 0.2) is 5.78 Å². The quantitative estimate of drug-likeness (QED) is 0.498. The maximum absolute atomic E-state index is 13.4. The summed E-state index contributed by atoms with van der Waals surface area (Å²) in [5, 5.41) is 0. The first-order valence-electron chi connectivity index (χ1n) is 12.0. The molecule has 0 amide bonds. The average Bonchev–Trinajstić information content (AvgIpc) is 2.83. The number of benzene rings is 2. The van der Waals surface area contributed by atoms with Crippen LogP contribution in [0.2, 0.25) is 0 Å². The van der Waals surface area contributed by atoms with E-state index in [2.05, 4.69) is 44.2 Å². The van der Waals surface area contributed by atoms with Gasteiger partial charge in [0, 0.05) is 24.3 Å². The first-order valence-corrected chi connectivity index (χ1v) is 12.0. The van der Waals surface area contributed by atoms with E-state index in [4.69, 9.17) is 14.2 Å². The van der Waals surface area contributed by atoms with Crippen LogP contribution in [-0.4, -0.2) is 20.0 Å². The molecule has 0 bridgehead atoms. The van der Waals surface area contributed by atoms with Gasteiger partial charge in [0.2, 0.25) is 0 Å². The number of hydrogen-bond acceptors (Lipinski definition) is 4. The molecule has 0 saturated carbocycles. The molecule has 2 aliphatic carbocycles. The highest BCUT2D eigenvalue weighted by Crippen LogP contribution is 2.53. The molecule has 0 saturated heterocycles. The third-order valence-electron chi connectivity index (χ3n) is 7.12. The Bertz CT molecular complexity index is 1190. The molecular weight excluding hydrogens is 424 g/mol. The second kappa shape index (κ2) is 8.83. The Morgan fingerprint density at radius 2 is 1.56 bits per heavy atom. The van der Waals surface area contributed by atoms with Gasteiger partial charge in [-0.2, -0.15) is 0 Å². The Kier molecular flexibility index (Phi) is 5.85. The van der Waals surface area contributed by atoms with Crippen molar-refractivity contribution in [2.75, 3.05) is 14.2 Å². The topological polar surface area (TPSA) is 44.8 Å². The number of hydrogen-bond donors (Lipinski definition) is 0. The fourth-order valence-corrected chi connectivity index (χ4v) is 5.50. The average molecular weight is 457 g/mol. The minimum absolute atomic E-state index is 0.0622. The Hall–Kier alpha value is -3.27. The normalized spacial score (nSPS) is 22.8. The number of ether oxygens (including phenoxy) is 3. The minimum atomic E-state index is -0.104. The minimum Gasteiger partial charge on any atom is -0.497 e. The molecule has 2 aromatic carbocycles. The van der Waals surface area contributed by atoms with Crippen molar-refractivity contribution in [2.24, 2.45) is 5.41 Å². The van der Waals surface area contributed by atoms with Gasteiger partial charge in [-0.1, -0.05) is 38.1 Å². The van der Waals surface area contributed by atoms with Gasteiger partial charge < -0.3 is 14.2 Å². The summed E-state index contributed by atoms with van der Waals surface area (Å²) in [4.78, 5) is 13.4. The smallest absolute Gasteiger partial charge is 0.163 e. The number of carbonyl (C=O) groups excluding carboxylic acids is 1. The molecule has 0 spiro atoms. The lowest BCUT2D eigenvalue weighted by atomic mass is 9.68. The second-order valence-corrected chi connectivity index (χ2v) is 10.2. The van der Waals surface area contributed by atoms with Gasteiger partial charge in [-0.05, 0) is 77.3 Å². The van der Waals surface area contributed by atoms with Gasteiger partial charge in [-0.15, -0.1) is 0 Å². The molecule has 176 valence electrons. The van der Waals surface area contributed by atoms with Crippen molar-refractivity contribution in [1.82, 2.24) is 0 Å². The van der Waals surface area contributed by atoms with E-state index in [0.29, 0.717) is 6.42 Å². The molecule has 5 rings (SSSR count). The molecule has 0 radical (unpaired) electrons. The molecule has 0 N–H and O–H groups in total. The van der Waals surface area contributed by atoms with Crippen LogP contribution in [0.25, 0.3) is 6.08 Å². The second-order valence-electron chi connectivity index (χ2n) is 10.2. The molecule has 1 atom stereocenters. The Labute approximate surface area is 201 Å². The molecule has 34 heavy (non-hydrogen) atoms. The van der Waals surface area contributed by atoms with Crippen LogP contribution in [0.5, 0.6) is 11.5 Å². The van der Waals surface area contributed by atoms with Gasteiger partial charge in [0.05, 0.1) is 14.2 Å². The van der Waals surface area contributed by atoms with Crippen molar-refractivity contribution < 1.29 is 19.0 Å². The van der Waals surface area contributed by atoms with Crippen molar-refractivity contribution in [3.8, 4) is 11.5 Å². The van der Waals surface area contributed by atoms with E-state index in [1.807, 2.05) is 24.3 Å². The maximum atomic E-state index is 13.4. The van der Waals surface area contributed by atoms with Crippen molar-refractivity contribution in [3.05, 3.63) is 87.9 Å². The lowest BCUT2D eigenvalue weighted by molar-refractivity contribution is -0.119. The predicted octanol–water partition coefficient (Wildman–Crippen LogP) is 6.98. The van der Waals surface area contributed by atoms with Crippen LogP contribution in [0.4, 0.5) is 0 Å². The van der Waals surface area contributed by atoms with E-state index in [1.54, 1.807) is 14.2 Å². The Balaban J connectivity index is 1.62. The van der Waals surface area contributed by atoms with Crippen molar-refractivity contribution >= 4 is 11.9 Å². The number of rotatable bonds is 4. The van der Waals surface area contributed by atoms with E-state index in [0.717, 1.165) is 65.4 Å². The number of carbonyl (C=O) groups is 1. The molecule has 3 aliphatic rings. The predicted molar refractivity (Wildman–Crippen MR) is 134 cm³/mol. The molecule has 1 heterocycles.